The average molecular weight is 199 g/mol. The zero-order valence-electron chi connectivity index (χ0n) is 7.41. The molecule has 2 aliphatic rings. The molecular weight excluding hydrogens is 186 g/mol. The Morgan fingerprint density at radius 2 is 2.23 bits per heavy atom. The number of rotatable bonds is 2. The van der Waals surface area contributed by atoms with E-state index in [1.165, 1.54) is 0 Å². The van der Waals surface area contributed by atoms with Gasteiger partial charge in [-0.05, 0) is 12.2 Å². The molecule has 0 aromatic carbocycles. The van der Waals surface area contributed by atoms with E-state index in [1.54, 1.807) is 0 Å². The lowest BCUT2D eigenvalue weighted by Gasteiger charge is -2.24. The number of hydrogen-bond acceptors (Lipinski definition) is 3. The smallest absolute Gasteiger partial charge is 0.224 e. The van der Waals surface area contributed by atoms with E-state index in [9.17, 15) is 9.59 Å². The molecule has 1 unspecified atom stereocenters. The summed E-state index contributed by atoms with van der Waals surface area (Å²) in [6.45, 7) is 0. The lowest BCUT2D eigenvalue weighted by Crippen LogP contribution is -2.43. The van der Waals surface area contributed by atoms with Crippen molar-refractivity contribution in [3.63, 3.8) is 0 Å². The predicted molar refractivity (Wildman–Crippen MR) is 51.6 cm³/mol. The molecule has 1 saturated heterocycles. The molecule has 1 atom stereocenters. The van der Waals surface area contributed by atoms with Crippen molar-refractivity contribution in [2.24, 2.45) is 5.92 Å². The molecule has 1 aliphatic carbocycles. The zero-order chi connectivity index (χ0) is 9.26. The van der Waals surface area contributed by atoms with Crippen molar-refractivity contribution in [2.45, 2.75) is 25.3 Å². The Hall–Kier alpha value is -0.510. The Morgan fingerprint density at radius 3 is 2.77 bits per heavy atom. The number of thioether (sulfide) groups is 1. The van der Waals surface area contributed by atoms with Crippen LogP contribution in [0.1, 0.15) is 19.3 Å². The van der Waals surface area contributed by atoms with Gasteiger partial charge in [0.2, 0.25) is 5.91 Å². The van der Waals surface area contributed by atoms with Gasteiger partial charge in [-0.3, -0.25) is 9.59 Å². The van der Waals surface area contributed by atoms with Crippen LogP contribution in [0.3, 0.4) is 0 Å². The Bertz CT molecular complexity index is 228. The van der Waals surface area contributed by atoms with Gasteiger partial charge in [-0.25, -0.2) is 0 Å². The van der Waals surface area contributed by atoms with E-state index in [0.29, 0.717) is 18.9 Å². The van der Waals surface area contributed by atoms with Crippen LogP contribution in [0.4, 0.5) is 0 Å². The number of Topliss-reactive ketones (excluding diaryl/α,β-unsaturated/α-hetero) is 1. The highest BCUT2D eigenvalue weighted by molar-refractivity contribution is 7.99. The first kappa shape index (κ1) is 9.06. The largest absolute Gasteiger partial charge is 0.352 e. The molecule has 13 heavy (non-hydrogen) atoms. The highest BCUT2D eigenvalue weighted by Gasteiger charge is 2.33. The van der Waals surface area contributed by atoms with E-state index >= 15 is 0 Å². The van der Waals surface area contributed by atoms with Gasteiger partial charge in [-0.2, -0.15) is 11.8 Å². The van der Waals surface area contributed by atoms with Crippen molar-refractivity contribution < 1.29 is 9.59 Å². The SMILES string of the molecule is O=C1CC(C(=O)NC2CCSC2)C1. The third kappa shape index (κ3) is 2.05. The molecule has 72 valence electrons. The van der Waals surface area contributed by atoms with Gasteiger partial charge in [-0.1, -0.05) is 0 Å². The van der Waals surface area contributed by atoms with Gasteiger partial charge >= 0.3 is 0 Å². The molecule has 1 saturated carbocycles. The maximum Gasteiger partial charge on any atom is 0.224 e. The number of nitrogens with one attached hydrogen (secondary N) is 1. The quantitative estimate of drug-likeness (QED) is 0.708. The number of carbonyl (C=O) groups is 2. The van der Waals surface area contributed by atoms with Gasteiger partial charge < -0.3 is 5.32 Å². The summed E-state index contributed by atoms with van der Waals surface area (Å²) in [5, 5.41) is 2.99. The second-order valence-corrected chi connectivity index (χ2v) is 4.86. The number of carbonyl (C=O) groups excluding carboxylic acids is 2. The summed E-state index contributed by atoms with van der Waals surface area (Å²) >= 11 is 1.88. The van der Waals surface area contributed by atoms with Crippen LogP contribution in [0, 0.1) is 5.92 Å². The molecule has 1 amide bonds. The molecule has 0 aromatic heterocycles. The van der Waals surface area contributed by atoms with E-state index < -0.39 is 0 Å². The minimum absolute atomic E-state index is 0.0156. The normalized spacial score (nSPS) is 28.6. The highest BCUT2D eigenvalue weighted by atomic mass is 32.2. The molecule has 1 heterocycles. The van der Waals surface area contributed by atoms with Gasteiger partial charge in [0.05, 0.1) is 5.92 Å². The van der Waals surface area contributed by atoms with Gasteiger partial charge in [0, 0.05) is 24.6 Å². The van der Waals surface area contributed by atoms with Crippen molar-refractivity contribution >= 4 is 23.5 Å². The lowest BCUT2D eigenvalue weighted by atomic mass is 9.83. The standard InChI is InChI=1S/C9H13NO2S/c11-8-3-6(4-8)9(12)10-7-1-2-13-5-7/h6-7H,1-5H2,(H,10,12). The van der Waals surface area contributed by atoms with E-state index in [1.807, 2.05) is 11.8 Å². The second-order valence-electron chi connectivity index (χ2n) is 3.71. The maximum absolute atomic E-state index is 11.5. The molecule has 0 radical (unpaired) electrons. The van der Waals surface area contributed by atoms with Crippen LogP contribution < -0.4 is 5.32 Å². The van der Waals surface area contributed by atoms with Crippen molar-refractivity contribution in [1.29, 1.82) is 0 Å². The second kappa shape index (κ2) is 3.70. The Labute approximate surface area is 81.6 Å². The average Bonchev–Trinajstić information content (AvgIpc) is 2.51. The fraction of sp³-hybridized carbons (Fsp3) is 0.778. The third-order valence-corrected chi connectivity index (χ3v) is 3.76. The lowest BCUT2D eigenvalue weighted by molar-refractivity contribution is -0.138. The molecule has 4 heteroatoms. The van der Waals surface area contributed by atoms with Crippen molar-refractivity contribution in [2.75, 3.05) is 11.5 Å². The first-order valence-corrected chi connectivity index (χ1v) is 5.81. The summed E-state index contributed by atoms with van der Waals surface area (Å²) in [7, 11) is 0. The minimum atomic E-state index is -0.0156. The Kier molecular flexibility index (Phi) is 2.58. The zero-order valence-corrected chi connectivity index (χ0v) is 8.23. The van der Waals surface area contributed by atoms with Crippen molar-refractivity contribution in [1.82, 2.24) is 5.32 Å². The first-order chi connectivity index (χ1) is 6.25. The van der Waals surface area contributed by atoms with Crippen LogP contribution in [0.15, 0.2) is 0 Å². The van der Waals surface area contributed by atoms with E-state index in [2.05, 4.69) is 5.32 Å². The van der Waals surface area contributed by atoms with Crippen molar-refractivity contribution in [3.8, 4) is 0 Å². The molecular formula is C9H13NO2S. The fourth-order valence-corrected chi connectivity index (χ4v) is 2.80. The summed E-state index contributed by atoms with van der Waals surface area (Å²) in [6, 6.07) is 0.355. The number of hydrogen-bond donors (Lipinski definition) is 1. The first-order valence-electron chi connectivity index (χ1n) is 4.65. The molecule has 1 N–H and O–H groups in total. The Morgan fingerprint density at radius 1 is 1.46 bits per heavy atom. The van der Waals surface area contributed by atoms with Crippen LogP contribution >= 0.6 is 11.8 Å². The van der Waals surface area contributed by atoms with Crippen LogP contribution in [-0.4, -0.2) is 29.2 Å². The summed E-state index contributed by atoms with van der Waals surface area (Å²) in [5.74, 6) is 2.48. The van der Waals surface area contributed by atoms with E-state index in [4.69, 9.17) is 0 Å². The number of amides is 1. The van der Waals surface area contributed by atoms with E-state index in [0.717, 1.165) is 17.9 Å². The van der Waals surface area contributed by atoms with Crippen LogP contribution in [-0.2, 0) is 9.59 Å². The van der Waals surface area contributed by atoms with Crippen molar-refractivity contribution in [3.05, 3.63) is 0 Å². The van der Waals surface area contributed by atoms with Crippen LogP contribution in [0.5, 0.6) is 0 Å². The van der Waals surface area contributed by atoms with Crippen LogP contribution in [0.2, 0.25) is 0 Å². The minimum Gasteiger partial charge on any atom is -0.352 e. The molecule has 0 spiro atoms. The van der Waals surface area contributed by atoms with Gasteiger partial charge in [0.25, 0.3) is 0 Å². The third-order valence-electron chi connectivity index (χ3n) is 2.60. The molecule has 1 aliphatic heterocycles. The summed E-state index contributed by atoms with van der Waals surface area (Å²) in [6.07, 6.45) is 2.01. The summed E-state index contributed by atoms with van der Waals surface area (Å²) in [4.78, 5) is 22.1. The Balaban J connectivity index is 1.74. The van der Waals surface area contributed by atoms with Gasteiger partial charge in [0.1, 0.15) is 5.78 Å². The van der Waals surface area contributed by atoms with Gasteiger partial charge in [0.15, 0.2) is 0 Å². The molecule has 2 rings (SSSR count). The molecule has 3 nitrogen and oxygen atoms in total. The molecule has 2 fully saturated rings. The monoisotopic (exact) mass is 199 g/mol. The summed E-state index contributed by atoms with van der Waals surface area (Å²) in [5.41, 5.74) is 0. The maximum atomic E-state index is 11.5. The topological polar surface area (TPSA) is 46.2 Å². The fourth-order valence-electron chi connectivity index (χ4n) is 1.64. The highest BCUT2D eigenvalue weighted by Crippen LogP contribution is 2.24. The predicted octanol–water partition coefficient (Wildman–Crippen LogP) is 0.587. The number of ketones is 1. The summed E-state index contributed by atoms with van der Waals surface area (Å²) < 4.78 is 0. The van der Waals surface area contributed by atoms with Crippen LogP contribution in [0.25, 0.3) is 0 Å². The molecule has 0 aromatic rings. The van der Waals surface area contributed by atoms with E-state index in [-0.39, 0.29) is 17.6 Å². The van der Waals surface area contributed by atoms with Gasteiger partial charge in [-0.15, -0.1) is 0 Å². The molecule has 0 bridgehead atoms.